The Bertz CT molecular complexity index is 521. The fourth-order valence-electron chi connectivity index (χ4n) is 1.22. The molecule has 4 nitrogen and oxygen atoms in total. The van der Waals surface area contributed by atoms with Crippen LogP contribution >= 0.6 is 31.9 Å². The molecular formula is C8H4Br2N2O2. The average Bonchev–Trinajstić information content (AvgIpc) is 2.43. The molecular weight excluding hydrogens is 316 g/mol. The second-order valence-corrected chi connectivity index (χ2v) is 4.26. The van der Waals surface area contributed by atoms with E-state index in [2.05, 4.69) is 41.8 Å². The number of nitrogens with zero attached hydrogens (tertiary/aromatic N) is 1. The number of hydrogen-bond donors (Lipinski definition) is 2. The van der Waals surface area contributed by atoms with Crippen LogP contribution in [-0.4, -0.2) is 21.0 Å². The molecule has 1 heterocycles. The van der Waals surface area contributed by atoms with E-state index in [4.69, 9.17) is 5.11 Å². The molecule has 6 heteroatoms. The van der Waals surface area contributed by atoms with Crippen LogP contribution in [0.25, 0.3) is 11.0 Å². The lowest BCUT2D eigenvalue weighted by Crippen LogP contribution is -1.98. The van der Waals surface area contributed by atoms with Crippen molar-refractivity contribution in [2.75, 3.05) is 0 Å². The van der Waals surface area contributed by atoms with E-state index in [0.717, 1.165) is 0 Å². The number of nitrogens with one attached hydrogen (secondary N) is 1. The minimum absolute atomic E-state index is 0.171. The second kappa shape index (κ2) is 3.36. The zero-order valence-electron chi connectivity index (χ0n) is 6.71. The van der Waals surface area contributed by atoms with Crippen LogP contribution in [0.2, 0.25) is 0 Å². The van der Waals surface area contributed by atoms with Gasteiger partial charge in [0.15, 0.2) is 4.73 Å². The van der Waals surface area contributed by atoms with Gasteiger partial charge in [0, 0.05) is 4.47 Å². The summed E-state index contributed by atoms with van der Waals surface area (Å²) in [4.78, 5) is 17.9. The third kappa shape index (κ3) is 1.44. The van der Waals surface area contributed by atoms with Crippen molar-refractivity contribution in [1.29, 1.82) is 0 Å². The zero-order valence-corrected chi connectivity index (χ0v) is 9.89. The SMILES string of the molecule is O=C(O)c1c(Br)ccc2[nH]c(Br)nc12. The van der Waals surface area contributed by atoms with E-state index < -0.39 is 5.97 Å². The Morgan fingerprint density at radius 3 is 2.79 bits per heavy atom. The highest BCUT2D eigenvalue weighted by Gasteiger charge is 2.15. The van der Waals surface area contributed by atoms with Crippen LogP contribution in [0.1, 0.15) is 10.4 Å². The first kappa shape index (κ1) is 9.67. The highest BCUT2D eigenvalue weighted by molar-refractivity contribution is 9.10. The van der Waals surface area contributed by atoms with Gasteiger partial charge in [0.2, 0.25) is 0 Å². The Labute approximate surface area is 95.6 Å². The molecule has 0 atom stereocenters. The Hall–Kier alpha value is -0.880. The molecule has 1 aromatic heterocycles. The number of halogens is 2. The van der Waals surface area contributed by atoms with Crippen LogP contribution in [0.3, 0.4) is 0 Å². The van der Waals surface area contributed by atoms with Crippen molar-refractivity contribution in [2.45, 2.75) is 0 Å². The lowest BCUT2D eigenvalue weighted by atomic mass is 10.2. The van der Waals surface area contributed by atoms with Crippen LogP contribution in [0.5, 0.6) is 0 Å². The fraction of sp³-hybridized carbons (Fsp3) is 0. The van der Waals surface area contributed by atoms with Crippen LogP contribution < -0.4 is 0 Å². The standard InChI is InChI=1S/C8H4Br2N2O2/c9-3-1-2-4-6(5(3)7(13)14)12-8(10)11-4/h1-2H,(H,11,12)(H,13,14). The maximum absolute atomic E-state index is 10.9. The minimum atomic E-state index is -0.999. The van der Waals surface area contributed by atoms with E-state index in [0.29, 0.717) is 20.2 Å². The summed E-state index contributed by atoms with van der Waals surface area (Å²) in [6.07, 6.45) is 0. The van der Waals surface area contributed by atoms with Gasteiger partial charge in [0.05, 0.1) is 5.52 Å². The lowest BCUT2D eigenvalue weighted by Gasteiger charge is -1.98. The summed E-state index contributed by atoms with van der Waals surface area (Å²) in [6.45, 7) is 0. The summed E-state index contributed by atoms with van der Waals surface area (Å²) in [5, 5.41) is 8.97. The van der Waals surface area contributed by atoms with Gasteiger partial charge in [-0.2, -0.15) is 0 Å². The Morgan fingerprint density at radius 2 is 2.14 bits per heavy atom. The van der Waals surface area contributed by atoms with Crippen molar-refractivity contribution in [1.82, 2.24) is 9.97 Å². The molecule has 72 valence electrons. The molecule has 14 heavy (non-hydrogen) atoms. The molecule has 0 fully saturated rings. The number of benzene rings is 1. The Balaban J connectivity index is 2.88. The highest BCUT2D eigenvalue weighted by Crippen LogP contribution is 2.26. The molecule has 0 radical (unpaired) electrons. The van der Waals surface area contributed by atoms with Crippen LogP contribution in [-0.2, 0) is 0 Å². The van der Waals surface area contributed by atoms with Gasteiger partial charge in [-0.3, -0.25) is 0 Å². The Morgan fingerprint density at radius 1 is 1.43 bits per heavy atom. The molecule has 2 N–H and O–H groups in total. The summed E-state index contributed by atoms with van der Waals surface area (Å²) in [5.41, 5.74) is 1.31. The largest absolute Gasteiger partial charge is 0.478 e. The molecule has 0 amide bonds. The van der Waals surface area contributed by atoms with Gasteiger partial charge in [0.1, 0.15) is 11.1 Å². The first-order valence-electron chi connectivity index (χ1n) is 3.66. The second-order valence-electron chi connectivity index (χ2n) is 2.65. The van der Waals surface area contributed by atoms with E-state index >= 15 is 0 Å². The van der Waals surface area contributed by atoms with Gasteiger partial charge in [-0.15, -0.1) is 0 Å². The third-order valence-corrected chi connectivity index (χ3v) is 2.83. The average molecular weight is 320 g/mol. The number of carboxylic acid groups (broad SMARTS) is 1. The van der Waals surface area contributed by atoms with Crippen molar-refractivity contribution in [3.63, 3.8) is 0 Å². The molecule has 0 unspecified atom stereocenters. The number of aromatic carboxylic acids is 1. The van der Waals surface area contributed by atoms with Gasteiger partial charge in [0.25, 0.3) is 0 Å². The summed E-state index contributed by atoms with van der Waals surface area (Å²) >= 11 is 6.33. The van der Waals surface area contributed by atoms with E-state index in [9.17, 15) is 4.79 Å². The van der Waals surface area contributed by atoms with Gasteiger partial charge in [-0.05, 0) is 44.0 Å². The monoisotopic (exact) mass is 318 g/mol. The lowest BCUT2D eigenvalue weighted by molar-refractivity contribution is 0.0698. The van der Waals surface area contributed by atoms with Gasteiger partial charge >= 0.3 is 5.97 Å². The molecule has 2 aromatic rings. The van der Waals surface area contributed by atoms with Gasteiger partial charge < -0.3 is 10.1 Å². The number of aromatic amines is 1. The van der Waals surface area contributed by atoms with E-state index in [1.165, 1.54) is 0 Å². The number of H-pyrrole nitrogens is 1. The molecule has 0 aliphatic rings. The Kier molecular flexibility index (Phi) is 2.32. The summed E-state index contributed by atoms with van der Waals surface area (Å²) in [7, 11) is 0. The molecule has 2 rings (SSSR count). The number of hydrogen-bond acceptors (Lipinski definition) is 2. The first-order chi connectivity index (χ1) is 6.59. The molecule has 0 bridgehead atoms. The van der Waals surface area contributed by atoms with Gasteiger partial charge in [-0.1, -0.05) is 0 Å². The smallest absolute Gasteiger partial charge is 0.339 e. The normalized spacial score (nSPS) is 10.7. The first-order valence-corrected chi connectivity index (χ1v) is 5.25. The summed E-state index contributed by atoms with van der Waals surface area (Å²) in [5.74, 6) is -0.999. The van der Waals surface area contributed by atoms with Crippen molar-refractivity contribution < 1.29 is 9.90 Å². The van der Waals surface area contributed by atoms with Crippen LogP contribution in [0, 0.1) is 0 Å². The van der Waals surface area contributed by atoms with Crippen molar-refractivity contribution in [3.05, 3.63) is 26.9 Å². The minimum Gasteiger partial charge on any atom is -0.478 e. The fourth-order valence-corrected chi connectivity index (χ4v) is 2.10. The number of carbonyl (C=O) groups is 1. The molecule has 0 spiro atoms. The summed E-state index contributed by atoms with van der Waals surface area (Å²) in [6, 6.07) is 3.44. The number of carboxylic acids is 1. The molecule has 0 aliphatic carbocycles. The zero-order chi connectivity index (χ0) is 10.3. The molecule has 0 saturated carbocycles. The number of imidazole rings is 1. The third-order valence-electron chi connectivity index (χ3n) is 1.79. The predicted octanol–water partition coefficient (Wildman–Crippen LogP) is 2.79. The van der Waals surface area contributed by atoms with E-state index in [1.807, 2.05) is 0 Å². The summed E-state index contributed by atoms with van der Waals surface area (Å²) < 4.78 is 1.05. The molecule has 0 aliphatic heterocycles. The van der Waals surface area contributed by atoms with Crippen molar-refractivity contribution in [3.8, 4) is 0 Å². The molecule has 0 saturated heterocycles. The van der Waals surface area contributed by atoms with E-state index in [-0.39, 0.29) is 5.56 Å². The number of fused-ring (bicyclic) bond motifs is 1. The van der Waals surface area contributed by atoms with Gasteiger partial charge in [-0.25, -0.2) is 9.78 Å². The topological polar surface area (TPSA) is 66.0 Å². The van der Waals surface area contributed by atoms with Crippen molar-refractivity contribution >= 4 is 48.9 Å². The molecule has 1 aromatic carbocycles. The maximum atomic E-state index is 10.9. The van der Waals surface area contributed by atoms with Crippen molar-refractivity contribution in [2.24, 2.45) is 0 Å². The van der Waals surface area contributed by atoms with E-state index in [1.54, 1.807) is 12.1 Å². The quantitative estimate of drug-likeness (QED) is 0.849. The highest BCUT2D eigenvalue weighted by atomic mass is 79.9. The number of aromatic nitrogens is 2. The predicted molar refractivity (Wildman–Crippen MR) is 58.5 cm³/mol. The van der Waals surface area contributed by atoms with Crippen LogP contribution in [0.15, 0.2) is 21.3 Å². The van der Waals surface area contributed by atoms with Crippen LogP contribution in [0.4, 0.5) is 0 Å². The maximum Gasteiger partial charge on any atom is 0.339 e. The number of rotatable bonds is 1.